The molecule has 0 aromatic carbocycles. The lowest BCUT2D eigenvalue weighted by molar-refractivity contribution is -0.161. The van der Waals surface area contributed by atoms with Gasteiger partial charge in [0.25, 0.3) is 0 Å². The molecule has 1 rings (SSSR count). The first-order chi connectivity index (χ1) is 23.2. The molecule has 282 valence electrons. The maximum atomic E-state index is 12.4. The fourth-order valence-corrected chi connectivity index (χ4v) is 6.27. The van der Waals surface area contributed by atoms with Crippen molar-refractivity contribution in [1.82, 2.24) is 0 Å². The van der Waals surface area contributed by atoms with E-state index in [0.29, 0.717) is 25.0 Å². The monoisotopic (exact) mass is 702 g/mol. The van der Waals surface area contributed by atoms with Crippen molar-refractivity contribution in [2.24, 2.45) is 0 Å². The molecule has 1 fully saturated rings. The minimum Gasteiger partial charge on any atom is -0.462 e. The van der Waals surface area contributed by atoms with E-state index in [1.807, 2.05) is 0 Å². The summed E-state index contributed by atoms with van der Waals surface area (Å²) in [5, 5.41) is 0. The first-order valence-corrected chi connectivity index (χ1v) is 21.1. The third-order valence-corrected chi connectivity index (χ3v) is 9.44. The van der Waals surface area contributed by atoms with Gasteiger partial charge in [0.05, 0.1) is 18.8 Å². The SMILES string of the molecule is CCCCCCCCCCCCCCCCC(=O)O[C@H](COC(=O)CCCCCCC/C=C\CC1OC1CCCCC)COP(=O)(O)O. The van der Waals surface area contributed by atoms with Crippen molar-refractivity contribution in [2.45, 2.75) is 206 Å². The number of hydrogen-bond acceptors (Lipinski definition) is 7. The molecule has 1 aliphatic rings. The first-order valence-electron chi connectivity index (χ1n) is 19.6. The van der Waals surface area contributed by atoms with Crippen LogP contribution in [0, 0.1) is 0 Å². The van der Waals surface area contributed by atoms with Crippen LogP contribution in [-0.4, -0.2) is 53.3 Å². The van der Waals surface area contributed by atoms with Gasteiger partial charge in [-0.1, -0.05) is 148 Å². The Labute approximate surface area is 292 Å². The molecule has 2 N–H and O–H groups in total. The van der Waals surface area contributed by atoms with Crippen LogP contribution < -0.4 is 0 Å². The van der Waals surface area contributed by atoms with Crippen molar-refractivity contribution in [3.8, 4) is 0 Å². The van der Waals surface area contributed by atoms with Crippen LogP contribution in [0.5, 0.6) is 0 Å². The van der Waals surface area contributed by atoms with Gasteiger partial charge in [0.1, 0.15) is 6.61 Å². The number of rotatable bonds is 35. The van der Waals surface area contributed by atoms with Crippen LogP contribution in [-0.2, 0) is 32.9 Å². The normalized spacial score (nSPS) is 16.8. The number of esters is 2. The van der Waals surface area contributed by atoms with Crippen molar-refractivity contribution in [3.05, 3.63) is 12.2 Å². The Bertz CT molecular complexity index is 859. The minimum absolute atomic E-state index is 0.211. The summed E-state index contributed by atoms with van der Waals surface area (Å²) in [6.07, 6.45) is 33.9. The second-order valence-electron chi connectivity index (χ2n) is 13.6. The van der Waals surface area contributed by atoms with E-state index in [2.05, 4.69) is 30.5 Å². The molecule has 10 heteroatoms. The van der Waals surface area contributed by atoms with Gasteiger partial charge in [0.2, 0.25) is 0 Å². The molecular weight excluding hydrogens is 631 g/mol. The number of epoxide rings is 1. The number of allylic oxidation sites excluding steroid dienone is 1. The summed E-state index contributed by atoms with van der Waals surface area (Å²) in [6, 6.07) is 0. The molecule has 9 nitrogen and oxygen atoms in total. The maximum absolute atomic E-state index is 12.4. The van der Waals surface area contributed by atoms with Crippen LogP contribution in [0.4, 0.5) is 0 Å². The highest BCUT2D eigenvalue weighted by atomic mass is 31.2. The second-order valence-corrected chi connectivity index (χ2v) is 14.9. The molecule has 0 radical (unpaired) electrons. The summed E-state index contributed by atoms with van der Waals surface area (Å²) in [7, 11) is -4.75. The van der Waals surface area contributed by atoms with Gasteiger partial charge >= 0.3 is 19.8 Å². The summed E-state index contributed by atoms with van der Waals surface area (Å²) in [5.41, 5.74) is 0. The zero-order valence-corrected chi connectivity index (χ0v) is 31.5. The van der Waals surface area contributed by atoms with Crippen LogP contribution in [0.2, 0.25) is 0 Å². The Morgan fingerprint density at radius 3 is 1.71 bits per heavy atom. The van der Waals surface area contributed by atoms with Gasteiger partial charge in [-0.2, -0.15) is 0 Å². The third-order valence-electron chi connectivity index (χ3n) is 8.96. The molecule has 1 saturated heterocycles. The molecule has 0 aromatic rings. The summed E-state index contributed by atoms with van der Waals surface area (Å²) >= 11 is 0. The van der Waals surface area contributed by atoms with Gasteiger partial charge in [-0.25, -0.2) is 4.57 Å². The number of hydrogen-bond donors (Lipinski definition) is 2. The zero-order chi connectivity index (χ0) is 35.1. The summed E-state index contributed by atoms with van der Waals surface area (Å²) in [6.45, 7) is 3.64. The lowest BCUT2D eigenvalue weighted by Gasteiger charge is -2.18. The Kier molecular flexibility index (Phi) is 28.5. The molecule has 1 aliphatic heterocycles. The van der Waals surface area contributed by atoms with E-state index in [-0.39, 0.29) is 19.4 Å². The molecule has 48 heavy (non-hydrogen) atoms. The molecule has 0 aromatic heterocycles. The van der Waals surface area contributed by atoms with E-state index in [1.54, 1.807) is 0 Å². The number of ether oxygens (including phenoxy) is 3. The zero-order valence-electron chi connectivity index (χ0n) is 30.6. The Hall–Kier alpha value is -1.25. The van der Waals surface area contributed by atoms with E-state index in [1.165, 1.54) is 89.9 Å². The Morgan fingerprint density at radius 2 is 1.15 bits per heavy atom. The molecule has 0 spiro atoms. The van der Waals surface area contributed by atoms with Crippen molar-refractivity contribution in [1.29, 1.82) is 0 Å². The van der Waals surface area contributed by atoms with Crippen molar-refractivity contribution >= 4 is 19.8 Å². The standard InChI is InChI=1S/C38H71O9P/c1-3-5-7-8-9-10-11-12-13-14-15-20-23-27-31-38(40)46-34(33-45-48(41,42)43)32-44-37(39)30-26-22-19-17-16-18-21-25-29-36-35(47-36)28-24-6-4-2/h21,25,34-36H,3-20,22-24,26-33H2,1-2H3,(H2,41,42,43)/b25-21-/t34-,35?,36?/m1/s1. The largest absolute Gasteiger partial charge is 0.469 e. The number of unbranched alkanes of at least 4 members (excludes halogenated alkanes) is 20. The highest BCUT2D eigenvalue weighted by Gasteiger charge is 2.36. The molecule has 0 amide bonds. The van der Waals surface area contributed by atoms with Crippen LogP contribution in [0.15, 0.2) is 12.2 Å². The van der Waals surface area contributed by atoms with Crippen molar-refractivity contribution in [2.75, 3.05) is 13.2 Å². The van der Waals surface area contributed by atoms with Crippen LogP contribution in [0.3, 0.4) is 0 Å². The first kappa shape index (κ1) is 44.8. The highest BCUT2D eigenvalue weighted by molar-refractivity contribution is 7.46. The van der Waals surface area contributed by atoms with E-state index < -0.39 is 32.5 Å². The fourth-order valence-electron chi connectivity index (χ4n) is 5.91. The topological polar surface area (TPSA) is 132 Å². The molecule has 0 saturated carbocycles. The summed E-state index contributed by atoms with van der Waals surface area (Å²) in [4.78, 5) is 42.7. The van der Waals surface area contributed by atoms with Gasteiger partial charge in [0.15, 0.2) is 6.10 Å². The van der Waals surface area contributed by atoms with Crippen LogP contribution in [0.1, 0.15) is 187 Å². The minimum atomic E-state index is -4.75. The lowest BCUT2D eigenvalue weighted by atomic mass is 10.0. The van der Waals surface area contributed by atoms with Gasteiger partial charge in [-0.05, 0) is 38.5 Å². The summed E-state index contributed by atoms with van der Waals surface area (Å²) in [5.74, 6) is -0.899. The van der Waals surface area contributed by atoms with Gasteiger partial charge < -0.3 is 24.0 Å². The smallest absolute Gasteiger partial charge is 0.462 e. The van der Waals surface area contributed by atoms with Crippen molar-refractivity contribution < 1.29 is 42.7 Å². The van der Waals surface area contributed by atoms with Gasteiger partial charge in [-0.15, -0.1) is 0 Å². The van der Waals surface area contributed by atoms with Crippen molar-refractivity contribution in [3.63, 3.8) is 0 Å². The molecule has 2 unspecified atom stereocenters. The lowest BCUT2D eigenvalue weighted by Crippen LogP contribution is -2.29. The molecule has 0 bridgehead atoms. The molecule has 1 heterocycles. The molecular formula is C38H71O9P. The number of carbonyl (C=O) groups excluding carboxylic acids is 2. The van der Waals surface area contributed by atoms with Crippen LogP contribution >= 0.6 is 7.82 Å². The maximum Gasteiger partial charge on any atom is 0.469 e. The van der Waals surface area contributed by atoms with Crippen LogP contribution in [0.25, 0.3) is 0 Å². The quantitative estimate of drug-likeness (QED) is 0.0218. The van der Waals surface area contributed by atoms with Gasteiger partial charge in [0, 0.05) is 12.8 Å². The summed E-state index contributed by atoms with van der Waals surface area (Å²) < 4.78 is 32.0. The van der Waals surface area contributed by atoms with E-state index in [4.69, 9.17) is 24.0 Å². The van der Waals surface area contributed by atoms with E-state index in [9.17, 15) is 14.2 Å². The highest BCUT2D eigenvalue weighted by Crippen LogP contribution is 2.36. The average molecular weight is 703 g/mol. The van der Waals surface area contributed by atoms with Gasteiger partial charge in [-0.3, -0.25) is 14.1 Å². The fraction of sp³-hybridized carbons (Fsp3) is 0.895. The molecule has 0 aliphatic carbocycles. The average Bonchev–Trinajstić information content (AvgIpc) is 3.80. The number of carbonyl (C=O) groups is 2. The van der Waals surface area contributed by atoms with E-state index in [0.717, 1.165) is 57.8 Å². The third kappa shape index (κ3) is 29.6. The number of phosphoric ester groups is 1. The van der Waals surface area contributed by atoms with E-state index >= 15 is 0 Å². The predicted molar refractivity (Wildman–Crippen MR) is 193 cm³/mol. The molecule has 3 atom stereocenters. The Morgan fingerprint density at radius 1 is 0.646 bits per heavy atom. The predicted octanol–water partition coefficient (Wildman–Crippen LogP) is 10.4. The second kappa shape index (κ2) is 30.6. The number of phosphoric acid groups is 1. The Balaban J connectivity index is 2.07.